The molecule has 15 heteroatoms. The summed E-state index contributed by atoms with van der Waals surface area (Å²) < 4.78 is 12.3. The first-order valence-electron chi connectivity index (χ1n) is 18.1. The lowest BCUT2D eigenvalue weighted by atomic mass is 9.96. The van der Waals surface area contributed by atoms with Gasteiger partial charge in [-0.1, -0.05) is 12.1 Å². The molecular weight excluding hydrogens is 668 g/mol. The zero-order chi connectivity index (χ0) is 38.0. The zero-order valence-corrected chi connectivity index (χ0v) is 31.7. The van der Waals surface area contributed by atoms with Crippen molar-refractivity contribution in [1.29, 1.82) is 0 Å². The molecule has 3 saturated heterocycles. The van der Waals surface area contributed by atoms with Gasteiger partial charge < -0.3 is 29.9 Å². The number of aromatic nitrogens is 2. The number of nitrogens with one attached hydrogen (secondary N) is 3. The number of alkyl carbamates (subject to hydrolysis) is 2. The molecule has 284 valence electrons. The van der Waals surface area contributed by atoms with E-state index in [1.807, 2.05) is 65.8 Å². The molecule has 2 atom stereocenters. The van der Waals surface area contributed by atoms with Gasteiger partial charge in [-0.3, -0.25) is 19.6 Å². The number of hydrogen-bond donors (Lipinski definition) is 3. The van der Waals surface area contributed by atoms with Crippen LogP contribution in [0.25, 0.3) is 5.69 Å². The topological polar surface area (TPSA) is 167 Å². The van der Waals surface area contributed by atoms with Crippen LogP contribution < -0.4 is 21.6 Å². The predicted molar refractivity (Wildman–Crippen MR) is 195 cm³/mol. The predicted octanol–water partition coefficient (Wildman–Crippen LogP) is 4.23. The lowest BCUT2D eigenvalue weighted by Gasteiger charge is -2.39. The first-order chi connectivity index (χ1) is 24.3. The van der Waals surface area contributed by atoms with Crippen LogP contribution in [0.1, 0.15) is 86.6 Å². The Kier molecular flexibility index (Phi) is 11.2. The molecule has 3 fully saturated rings. The maximum Gasteiger partial charge on any atom is 0.408 e. The van der Waals surface area contributed by atoms with Gasteiger partial charge in [0.25, 0.3) is 5.91 Å². The molecule has 2 unspecified atom stereocenters. The minimum atomic E-state index is -1.38. The van der Waals surface area contributed by atoms with E-state index >= 15 is 0 Å². The average molecular weight is 723 g/mol. The Labute approximate surface area is 305 Å². The molecule has 3 aliphatic rings. The van der Waals surface area contributed by atoms with E-state index < -0.39 is 34.6 Å². The van der Waals surface area contributed by atoms with Crippen LogP contribution in [0.3, 0.4) is 0 Å². The van der Waals surface area contributed by atoms with Crippen LogP contribution in [-0.4, -0.2) is 109 Å². The summed E-state index contributed by atoms with van der Waals surface area (Å²) >= 11 is 0. The molecule has 3 N–H and O–H groups in total. The molecule has 1 aromatic heterocycles. The third kappa shape index (κ3) is 10.0. The van der Waals surface area contributed by atoms with Gasteiger partial charge in [0, 0.05) is 62.6 Å². The Morgan fingerprint density at radius 2 is 1.40 bits per heavy atom. The number of rotatable bonds is 7. The highest BCUT2D eigenvalue weighted by Gasteiger charge is 2.41. The maximum atomic E-state index is 13.1. The third-order valence-corrected chi connectivity index (χ3v) is 9.42. The van der Waals surface area contributed by atoms with Crippen LogP contribution in [0.5, 0.6) is 0 Å². The summed E-state index contributed by atoms with van der Waals surface area (Å²) in [7, 11) is 0. The van der Waals surface area contributed by atoms with Crippen LogP contribution in [0, 0.1) is 0 Å². The number of piperazine rings is 1. The van der Waals surface area contributed by atoms with Crippen LogP contribution in [-0.2, 0) is 20.8 Å². The molecule has 0 radical (unpaired) electrons. The fraction of sp³-hybridized carbons (Fsp3) is 0.622. The third-order valence-electron chi connectivity index (χ3n) is 9.42. The number of benzene rings is 1. The standard InChI is InChI=1S/C37H54N8O7/c1-35(2,3)41-34(50)52-37(7,8)30(46)42-17-19-43(20-18-42)31(47)39-29-15-16-44(32(48)40-29)26-11-9-24(10-12-26)23-45-27-13-14-28(45)22-25(21-27)38-33(49)51-36(4,5)6/h9-12,15-16,25,27-28H,13-14,17-23H2,1-8H3,(H,38,49)(H,41,50)(H,39,40,47,48). The second kappa shape index (κ2) is 15.1. The largest absolute Gasteiger partial charge is 0.444 e. The molecule has 15 nitrogen and oxygen atoms in total. The minimum absolute atomic E-state index is 0.104. The monoisotopic (exact) mass is 722 g/mol. The highest BCUT2D eigenvalue weighted by Crippen LogP contribution is 2.37. The molecular formula is C37H54N8O7. The van der Waals surface area contributed by atoms with Crippen molar-refractivity contribution in [3.05, 3.63) is 52.6 Å². The van der Waals surface area contributed by atoms with Gasteiger partial charge in [0.2, 0.25) is 0 Å². The lowest BCUT2D eigenvalue weighted by Crippen LogP contribution is -2.57. The van der Waals surface area contributed by atoms with Crippen molar-refractivity contribution in [2.75, 3.05) is 31.5 Å². The van der Waals surface area contributed by atoms with Crippen molar-refractivity contribution in [3.63, 3.8) is 0 Å². The number of ether oxygens (including phenoxy) is 2. The second-order valence-corrected chi connectivity index (χ2v) is 16.5. The smallest absolute Gasteiger partial charge is 0.408 e. The van der Waals surface area contributed by atoms with E-state index in [0.717, 1.165) is 37.8 Å². The highest BCUT2D eigenvalue weighted by molar-refractivity contribution is 5.89. The molecule has 2 bridgehead atoms. The number of urea groups is 1. The van der Waals surface area contributed by atoms with Gasteiger partial charge in [-0.2, -0.15) is 4.98 Å². The van der Waals surface area contributed by atoms with E-state index in [4.69, 9.17) is 9.47 Å². The van der Waals surface area contributed by atoms with E-state index in [9.17, 15) is 24.0 Å². The molecule has 3 aliphatic heterocycles. The molecule has 52 heavy (non-hydrogen) atoms. The van der Waals surface area contributed by atoms with Crippen LogP contribution >= 0.6 is 0 Å². The van der Waals surface area contributed by atoms with Gasteiger partial charge in [-0.15, -0.1) is 0 Å². The van der Waals surface area contributed by atoms with Gasteiger partial charge in [0.15, 0.2) is 5.60 Å². The normalized spacial score (nSPS) is 21.0. The Bertz CT molecular complexity index is 1670. The maximum absolute atomic E-state index is 13.1. The van der Waals surface area contributed by atoms with Crippen molar-refractivity contribution in [2.24, 2.45) is 0 Å². The van der Waals surface area contributed by atoms with Crippen molar-refractivity contribution in [3.8, 4) is 5.69 Å². The van der Waals surface area contributed by atoms with Gasteiger partial charge in [-0.05, 0) is 105 Å². The molecule has 4 heterocycles. The number of nitrogens with zero attached hydrogens (tertiary/aromatic N) is 5. The average Bonchev–Trinajstić information content (AvgIpc) is 3.25. The van der Waals surface area contributed by atoms with E-state index in [1.165, 1.54) is 4.57 Å². The van der Waals surface area contributed by atoms with E-state index in [0.29, 0.717) is 17.8 Å². The number of anilines is 1. The summed E-state index contributed by atoms with van der Waals surface area (Å²) in [5.41, 5.74) is -1.15. The Morgan fingerprint density at radius 3 is 1.96 bits per heavy atom. The summed E-state index contributed by atoms with van der Waals surface area (Å²) in [6.45, 7) is 16.0. The SMILES string of the molecule is CC(C)(C)NC(=O)OC(C)(C)C(=O)N1CCN(C(=O)Nc2ccn(-c3ccc(CN4C5CCC4CC(NC(=O)OC(C)(C)C)C5)cc3)c(=O)n2)CC1. The summed E-state index contributed by atoms with van der Waals surface area (Å²) in [4.78, 5) is 73.4. The Morgan fingerprint density at radius 1 is 0.808 bits per heavy atom. The molecule has 0 spiro atoms. The number of carbonyl (C=O) groups is 4. The molecule has 5 amide bonds. The lowest BCUT2D eigenvalue weighted by molar-refractivity contribution is -0.149. The van der Waals surface area contributed by atoms with Crippen molar-refractivity contribution < 1.29 is 28.7 Å². The summed E-state index contributed by atoms with van der Waals surface area (Å²) in [6, 6.07) is 9.83. The van der Waals surface area contributed by atoms with Crippen LogP contribution in [0.2, 0.25) is 0 Å². The summed E-state index contributed by atoms with van der Waals surface area (Å²) in [5, 5.41) is 8.44. The quantitative estimate of drug-likeness (QED) is 0.379. The Hall–Kier alpha value is -4.66. The van der Waals surface area contributed by atoms with E-state index in [1.54, 1.807) is 35.9 Å². The van der Waals surface area contributed by atoms with Gasteiger partial charge in [0.05, 0.1) is 5.69 Å². The highest BCUT2D eigenvalue weighted by atomic mass is 16.6. The Balaban J connectivity index is 1.10. The number of piperidine rings is 1. The van der Waals surface area contributed by atoms with Gasteiger partial charge >= 0.3 is 23.9 Å². The first kappa shape index (κ1) is 38.6. The van der Waals surface area contributed by atoms with Gasteiger partial charge in [-0.25, -0.2) is 19.2 Å². The molecule has 0 saturated carbocycles. The van der Waals surface area contributed by atoms with Crippen molar-refractivity contribution in [2.45, 2.75) is 122 Å². The summed E-state index contributed by atoms with van der Waals surface area (Å²) in [6.07, 6.45) is 4.52. The van der Waals surface area contributed by atoms with Crippen molar-refractivity contribution >= 4 is 29.9 Å². The molecule has 2 aromatic rings. The van der Waals surface area contributed by atoms with E-state index in [-0.39, 0.29) is 50.0 Å². The molecule has 0 aliphatic carbocycles. The second-order valence-electron chi connectivity index (χ2n) is 16.5. The fourth-order valence-corrected chi connectivity index (χ4v) is 7.06. The minimum Gasteiger partial charge on any atom is -0.444 e. The molecule has 5 rings (SSSR count). The van der Waals surface area contributed by atoms with Gasteiger partial charge in [0.1, 0.15) is 11.4 Å². The van der Waals surface area contributed by atoms with Crippen molar-refractivity contribution in [1.82, 2.24) is 34.9 Å². The fourth-order valence-electron chi connectivity index (χ4n) is 7.06. The number of carbonyl (C=O) groups excluding carboxylic acids is 4. The summed E-state index contributed by atoms with van der Waals surface area (Å²) in [5.74, 6) is -0.225. The molecule has 1 aromatic carbocycles. The number of amides is 5. The van der Waals surface area contributed by atoms with Crippen LogP contribution in [0.15, 0.2) is 41.3 Å². The number of hydrogen-bond acceptors (Lipinski definition) is 9. The van der Waals surface area contributed by atoms with Crippen LogP contribution in [0.4, 0.5) is 20.2 Å². The zero-order valence-electron chi connectivity index (χ0n) is 31.7. The van der Waals surface area contributed by atoms with E-state index in [2.05, 4.69) is 25.8 Å². The number of fused-ring (bicyclic) bond motifs is 2. The first-order valence-corrected chi connectivity index (χ1v) is 18.1.